The van der Waals surface area contributed by atoms with E-state index in [0.717, 1.165) is 36.8 Å². The van der Waals surface area contributed by atoms with E-state index in [1.54, 1.807) is 0 Å². The minimum Gasteiger partial charge on any atom is -0.367 e. The Morgan fingerprint density at radius 2 is 2.00 bits per heavy atom. The third-order valence-electron chi connectivity index (χ3n) is 4.63. The molecule has 2 atom stereocenters. The van der Waals surface area contributed by atoms with Crippen molar-refractivity contribution in [3.05, 3.63) is 47.3 Å². The normalized spacial score (nSPS) is 18.4. The van der Waals surface area contributed by atoms with Gasteiger partial charge in [-0.2, -0.15) is 0 Å². The maximum absolute atomic E-state index is 4.69. The number of aryl methyl sites for hydroxylation is 1. The Hall–Kier alpha value is -2.10. The van der Waals surface area contributed by atoms with E-state index in [4.69, 9.17) is 0 Å². The summed E-state index contributed by atoms with van der Waals surface area (Å²) in [7, 11) is 0. The zero-order chi connectivity index (χ0) is 16.4. The largest absolute Gasteiger partial charge is 0.367 e. The summed E-state index contributed by atoms with van der Waals surface area (Å²) in [6.45, 7) is 9.51. The zero-order valence-electron chi connectivity index (χ0n) is 14.5. The lowest BCUT2D eigenvalue weighted by Crippen LogP contribution is -2.39. The number of rotatable bonds is 4. The van der Waals surface area contributed by atoms with Crippen molar-refractivity contribution in [3.8, 4) is 0 Å². The fraction of sp³-hybridized carbons (Fsp3) is 0.474. The van der Waals surface area contributed by atoms with Crippen LogP contribution in [0.3, 0.4) is 0 Å². The molecule has 0 fully saturated rings. The van der Waals surface area contributed by atoms with Gasteiger partial charge in [0.1, 0.15) is 17.5 Å². The van der Waals surface area contributed by atoms with Crippen molar-refractivity contribution < 1.29 is 0 Å². The first-order valence-corrected chi connectivity index (χ1v) is 8.52. The molecule has 4 heteroatoms. The maximum Gasteiger partial charge on any atom is 0.134 e. The van der Waals surface area contributed by atoms with Gasteiger partial charge in [-0.05, 0) is 44.7 Å². The molecular formula is C19H26N4. The number of nitrogens with zero attached hydrogens (tertiary/aromatic N) is 3. The van der Waals surface area contributed by atoms with Gasteiger partial charge in [-0.1, -0.05) is 31.2 Å². The predicted molar refractivity (Wildman–Crippen MR) is 95.9 cm³/mol. The number of aromatic nitrogens is 2. The number of hydrogen-bond donors (Lipinski definition) is 1. The number of nitrogens with one attached hydrogen (secondary N) is 1. The van der Waals surface area contributed by atoms with Crippen LogP contribution in [0, 0.1) is 6.92 Å². The highest BCUT2D eigenvalue weighted by Crippen LogP contribution is 2.28. The van der Waals surface area contributed by atoms with Crippen LogP contribution in [0.2, 0.25) is 0 Å². The summed E-state index contributed by atoms with van der Waals surface area (Å²) in [6.07, 6.45) is 2.14. The van der Waals surface area contributed by atoms with E-state index in [-0.39, 0.29) is 0 Å². The van der Waals surface area contributed by atoms with E-state index in [9.17, 15) is 0 Å². The van der Waals surface area contributed by atoms with Gasteiger partial charge in [-0.25, -0.2) is 9.97 Å². The second kappa shape index (κ2) is 6.57. The Labute approximate surface area is 139 Å². The lowest BCUT2D eigenvalue weighted by molar-refractivity contribution is 0.585. The molecule has 0 radical (unpaired) electrons. The molecule has 1 aromatic carbocycles. The second-order valence-corrected chi connectivity index (χ2v) is 6.56. The van der Waals surface area contributed by atoms with Gasteiger partial charge in [0.15, 0.2) is 0 Å². The molecule has 1 aromatic heterocycles. The van der Waals surface area contributed by atoms with Gasteiger partial charge in [-0.15, -0.1) is 0 Å². The van der Waals surface area contributed by atoms with Crippen molar-refractivity contribution >= 4 is 11.6 Å². The Morgan fingerprint density at radius 1 is 1.26 bits per heavy atom. The first kappa shape index (κ1) is 15.8. The third-order valence-corrected chi connectivity index (χ3v) is 4.63. The molecular weight excluding hydrogens is 284 g/mol. The summed E-state index contributed by atoms with van der Waals surface area (Å²) >= 11 is 0. The highest BCUT2D eigenvalue weighted by molar-refractivity contribution is 5.52. The third kappa shape index (κ3) is 3.46. The van der Waals surface area contributed by atoms with Crippen LogP contribution in [0.15, 0.2) is 30.3 Å². The Balaban J connectivity index is 1.89. The lowest BCUT2D eigenvalue weighted by atomic mass is 9.95. The lowest BCUT2D eigenvalue weighted by Gasteiger charge is -2.36. The van der Waals surface area contributed by atoms with Crippen LogP contribution < -0.4 is 10.2 Å². The summed E-state index contributed by atoms with van der Waals surface area (Å²) in [5, 5.41) is 3.47. The van der Waals surface area contributed by atoms with Crippen molar-refractivity contribution in [2.75, 3.05) is 10.2 Å². The number of anilines is 2. The molecule has 0 saturated heterocycles. The smallest absolute Gasteiger partial charge is 0.134 e. The van der Waals surface area contributed by atoms with Crippen molar-refractivity contribution in [2.24, 2.45) is 0 Å². The van der Waals surface area contributed by atoms with Crippen LogP contribution in [0.25, 0.3) is 0 Å². The Bertz CT molecular complexity index is 683. The highest BCUT2D eigenvalue weighted by Gasteiger charge is 2.24. The van der Waals surface area contributed by atoms with Crippen LogP contribution in [0.4, 0.5) is 11.6 Å². The molecule has 1 aliphatic rings. The SMILES string of the molecule is CC[C@@H](C)Nc1cc(N2Cc3ccccc3C[C@H]2C)nc(C)n1. The maximum atomic E-state index is 4.69. The van der Waals surface area contributed by atoms with E-state index in [0.29, 0.717) is 12.1 Å². The molecule has 2 aromatic rings. The van der Waals surface area contributed by atoms with Crippen LogP contribution in [-0.2, 0) is 13.0 Å². The summed E-state index contributed by atoms with van der Waals surface area (Å²) in [5.74, 6) is 2.76. The molecule has 23 heavy (non-hydrogen) atoms. The van der Waals surface area contributed by atoms with Gasteiger partial charge < -0.3 is 10.2 Å². The molecule has 122 valence electrons. The van der Waals surface area contributed by atoms with Crippen molar-refractivity contribution in [1.29, 1.82) is 0 Å². The first-order chi connectivity index (χ1) is 11.1. The molecule has 4 nitrogen and oxygen atoms in total. The van der Waals surface area contributed by atoms with Crippen LogP contribution in [0.1, 0.15) is 44.1 Å². The van der Waals surface area contributed by atoms with E-state index in [1.807, 2.05) is 6.92 Å². The van der Waals surface area contributed by atoms with Crippen molar-refractivity contribution in [3.63, 3.8) is 0 Å². The van der Waals surface area contributed by atoms with Gasteiger partial charge in [0.25, 0.3) is 0 Å². The minimum absolute atomic E-state index is 0.414. The molecule has 1 N–H and O–H groups in total. The van der Waals surface area contributed by atoms with E-state index in [1.165, 1.54) is 11.1 Å². The average Bonchev–Trinajstić information content (AvgIpc) is 2.53. The van der Waals surface area contributed by atoms with Crippen molar-refractivity contribution in [2.45, 2.75) is 59.2 Å². The quantitative estimate of drug-likeness (QED) is 0.928. The van der Waals surface area contributed by atoms with Gasteiger partial charge in [0, 0.05) is 24.7 Å². The first-order valence-electron chi connectivity index (χ1n) is 8.52. The second-order valence-electron chi connectivity index (χ2n) is 6.56. The zero-order valence-corrected chi connectivity index (χ0v) is 14.5. The fourth-order valence-corrected chi connectivity index (χ4v) is 3.11. The standard InChI is InChI=1S/C19H26N4/c1-5-13(2)20-18-11-19(22-15(4)21-18)23-12-17-9-7-6-8-16(17)10-14(23)3/h6-9,11,13-14H,5,10,12H2,1-4H3,(H,20,21,22)/t13-,14-/m1/s1. The van der Waals surface area contributed by atoms with Crippen molar-refractivity contribution in [1.82, 2.24) is 9.97 Å². The molecule has 3 rings (SSSR count). The average molecular weight is 310 g/mol. The van der Waals surface area contributed by atoms with Gasteiger partial charge >= 0.3 is 0 Å². The highest BCUT2D eigenvalue weighted by atomic mass is 15.2. The molecule has 0 saturated carbocycles. The van der Waals surface area contributed by atoms with E-state index >= 15 is 0 Å². The van der Waals surface area contributed by atoms with Crippen LogP contribution in [-0.4, -0.2) is 22.1 Å². The minimum atomic E-state index is 0.414. The van der Waals surface area contributed by atoms with E-state index < -0.39 is 0 Å². The Kier molecular flexibility index (Phi) is 4.51. The van der Waals surface area contributed by atoms with Gasteiger partial charge in [0.05, 0.1) is 0 Å². The molecule has 0 spiro atoms. The molecule has 2 heterocycles. The topological polar surface area (TPSA) is 41.0 Å². The number of benzene rings is 1. The molecule has 0 aliphatic carbocycles. The summed E-state index contributed by atoms with van der Waals surface area (Å²) in [5.41, 5.74) is 2.86. The predicted octanol–water partition coefficient (Wildman–Crippen LogP) is 3.95. The Morgan fingerprint density at radius 3 is 2.74 bits per heavy atom. The molecule has 0 bridgehead atoms. The summed E-state index contributed by atoms with van der Waals surface area (Å²) < 4.78 is 0. The molecule has 1 aliphatic heterocycles. The molecule has 0 unspecified atom stereocenters. The number of fused-ring (bicyclic) bond motifs is 1. The van der Waals surface area contributed by atoms with Crippen LogP contribution in [0.5, 0.6) is 0 Å². The molecule has 0 amide bonds. The van der Waals surface area contributed by atoms with Crippen LogP contribution >= 0.6 is 0 Å². The number of hydrogen-bond acceptors (Lipinski definition) is 4. The van der Waals surface area contributed by atoms with Gasteiger partial charge in [-0.3, -0.25) is 0 Å². The summed E-state index contributed by atoms with van der Waals surface area (Å²) in [4.78, 5) is 11.6. The monoisotopic (exact) mass is 310 g/mol. The van der Waals surface area contributed by atoms with E-state index in [2.05, 4.69) is 71.3 Å². The summed E-state index contributed by atoms with van der Waals surface area (Å²) in [6, 6.07) is 11.7. The fourth-order valence-electron chi connectivity index (χ4n) is 3.11. The van der Waals surface area contributed by atoms with Gasteiger partial charge in [0.2, 0.25) is 0 Å².